The van der Waals surface area contributed by atoms with E-state index in [1.807, 2.05) is 16.7 Å². The molecule has 12 heteroatoms. The Hall–Kier alpha value is -4.63. The first-order valence-corrected chi connectivity index (χ1v) is 12.5. The molecule has 1 N–H and O–H groups in total. The van der Waals surface area contributed by atoms with E-state index < -0.39 is 17.6 Å². The van der Waals surface area contributed by atoms with E-state index in [1.54, 1.807) is 33.2 Å². The second-order valence-corrected chi connectivity index (χ2v) is 10.0. The number of aryl methyl sites for hydroxylation is 2. The molecule has 2 aromatic carbocycles. The molecule has 198 valence electrons. The number of methoxy groups -OCH3 is 1. The van der Waals surface area contributed by atoms with Crippen molar-refractivity contribution in [3.05, 3.63) is 53.6 Å². The molecule has 0 aliphatic carbocycles. The van der Waals surface area contributed by atoms with Gasteiger partial charge < -0.3 is 19.3 Å². The smallest absolute Gasteiger partial charge is 0.291 e. The summed E-state index contributed by atoms with van der Waals surface area (Å²) in [6.07, 6.45) is -0.0592. The predicted molar refractivity (Wildman–Crippen MR) is 137 cm³/mol. The lowest BCUT2D eigenvalue weighted by molar-refractivity contribution is 0.0660. The first-order chi connectivity index (χ1) is 18.7. The van der Waals surface area contributed by atoms with Crippen LogP contribution in [0.3, 0.4) is 0 Å². The van der Waals surface area contributed by atoms with E-state index >= 15 is 0 Å². The van der Waals surface area contributed by atoms with Crippen molar-refractivity contribution in [3.8, 4) is 45.7 Å². The minimum Gasteiger partial charge on any atom is -0.496 e. The van der Waals surface area contributed by atoms with Crippen LogP contribution >= 0.6 is 0 Å². The molecule has 2 aromatic heterocycles. The first kappa shape index (κ1) is 24.7. The van der Waals surface area contributed by atoms with Gasteiger partial charge in [0.25, 0.3) is 5.91 Å². The van der Waals surface area contributed by atoms with Crippen LogP contribution in [0.25, 0.3) is 33.9 Å². The predicted octanol–water partition coefficient (Wildman–Crippen LogP) is 2.60. The zero-order valence-electron chi connectivity index (χ0n) is 21.6. The number of carbonyl (C=O) groups excluding carboxylic acids is 1. The number of likely N-dealkylation sites (tertiary alicyclic amines) is 1. The molecule has 2 atom stereocenters. The Labute approximate surface area is 223 Å². The molecular weight excluding hydrogens is 503 g/mol. The minimum atomic E-state index is -1.16. The molecule has 0 unspecified atom stereocenters. The molecule has 1 saturated heterocycles. The van der Waals surface area contributed by atoms with E-state index in [2.05, 4.69) is 21.5 Å². The van der Waals surface area contributed by atoms with Gasteiger partial charge in [-0.1, -0.05) is 0 Å². The van der Waals surface area contributed by atoms with Crippen molar-refractivity contribution < 1.29 is 19.0 Å². The van der Waals surface area contributed by atoms with Crippen molar-refractivity contribution in [2.24, 2.45) is 7.05 Å². The number of β-amino-alcohol motifs (C(OH)–C–C–N with tert-alkyl or cyclic N) is 1. The van der Waals surface area contributed by atoms with Crippen LogP contribution in [-0.2, 0) is 20.0 Å². The number of hydrogen-bond donors (Lipinski definition) is 1. The Balaban J connectivity index is 1.57. The zero-order chi connectivity index (χ0) is 27.5. The molecule has 2 aliphatic rings. The highest BCUT2D eigenvalue weighted by molar-refractivity contribution is 5.96. The highest BCUT2D eigenvalue weighted by Crippen LogP contribution is 2.43. The number of tetrazole rings is 1. The third kappa shape index (κ3) is 3.93. The molecule has 2 aliphatic heterocycles. The fraction of sp³-hybridized carbons (Fsp3) is 0.333. The standard InChI is InChI=1S/C27H25FN8O3/c1-27(14-29)12-18(37)13-36(27)26(38)25-30-22(15-4-6-17(28)7-5-15)23-19-11-20(24-31-33-34(2)32-24)21(39-3)10-16(19)8-9-35(23)25/h4-7,10-11,18,37H,8-9,12-13H2,1-3H3/t18-,27+/m0/s1. The van der Waals surface area contributed by atoms with Gasteiger partial charge in [-0.25, -0.2) is 9.37 Å². The normalized spacial score (nSPS) is 19.9. The number of fused-ring (bicyclic) bond motifs is 3. The van der Waals surface area contributed by atoms with Gasteiger partial charge >= 0.3 is 0 Å². The number of nitriles is 1. The van der Waals surface area contributed by atoms with Gasteiger partial charge in [-0.3, -0.25) is 4.79 Å². The van der Waals surface area contributed by atoms with Gasteiger partial charge in [0.1, 0.15) is 17.1 Å². The number of halogens is 1. The number of hydrogen-bond acceptors (Lipinski definition) is 8. The maximum absolute atomic E-state index is 13.9. The van der Waals surface area contributed by atoms with E-state index in [4.69, 9.17) is 9.72 Å². The Morgan fingerprint density at radius 2 is 2.03 bits per heavy atom. The second-order valence-electron chi connectivity index (χ2n) is 10.0. The van der Waals surface area contributed by atoms with Crippen LogP contribution in [0.4, 0.5) is 4.39 Å². The molecule has 0 saturated carbocycles. The summed E-state index contributed by atoms with van der Waals surface area (Å²) in [6.45, 7) is 2.13. The molecule has 1 amide bonds. The number of aliphatic hydroxyl groups is 1. The molecule has 1 fully saturated rings. The summed E-state index contributed by atoms with van der Waals surface area (Å²) in [4.78, 5) is 21.4. The quantitative estimate of drug-likeness (QED) is 0.427. The van der Waals surface area contributed by atoms with E-state index in [0.717, 1.165) is 11.1 Å². The SMILES string of the molecule is COc1cc2c(cc1-c1nnn(C)n1)-c1c(-c3ccc(F)cc3)nc(C(=O)N3C[C@@H](O)C[C@]3(C)C#N)n1CC2. The van der Waals surface area contributed by atoms with Gasteiger partial charge in [0.15, 0.2) is 5.82 Å². The molecule has 0 radical (unpaired) electrons. The number of rotatable bonds is 4. The van der Waals surface area contributed by atoms with Crippen LogP contribution < -0.4 is 4.74 Å². The molecule has 0 bridgehead atoms. The fourth-order valence-corrected chi connectivity index (χ4v) is 5.51. The largest absolute Gasteiger partial charge is 0.496 e. The van der Waals surface area contributed by atoms with Crippen LogP contribution in [0.2, 0.25) is 0 Å². The van der Waals surface area contributed by atoms with Gasteiger partial charge in [-0.05, 0) is 60.5 Å². The van der Waals surface area contributed by atoms with E-state index in [9.17, 15) is 19.6 Å². The Morgan fingerprint density at radius 3 is 2.69 bits per heavy atom. The fourth-order valence-electron chi connectivity index (χ4n) is 5.51. The maximum atomic E-state index is 13.9. The Morgan fingerprint density at radius 1 is 1.26 bits per heavy atom. The van der Waals surface area contributed by atoms with Crippen LogP contribution in [0.1, 0.15) is 29.5 Å². The average molecular weight is 529 g/mol. The Kier molecular flexibility index (Phi) is 5.69. The summed E-state index contributed by atoms with van der Waals surface area (Å²) in [6, 6.07) is 11.9. The molecule has 4 heterocycles. The number of ether oxygens (including phenoxy) is 1. The van der Waals surface area contributed by atoms with E-state index in [-0.39, 0.29) is 24.6 Å². The summed E-state index contributed by atoms with van der Waals surface area (Å²) in [5, 5.41) is 32.6. The lowest BCUT2D eigenvalue weighted by atomic mass is 9.92. The van der Waals surface area contributed by atoms with Gasteiger partial charge in [-0.15, -0.1) is 10.2 Å². The zero-order valence-corrected chi connectivity index (χ0v) is 21.6. The van der Waals surface area contributed by atoms with Crippen molar-refractivity contribution in [1.29, 1.82) is 5.26 Å². The maximum Gasteiger partial charge on any atom is 0.291 e. The second kappa shape index (κ2) is 8.99. The Bertz CT molecular complexity index is 1650. The molecule has 0 spiro atoms. The summed E-state index contributed by atoms with van der Waals surface area (Å²) >= 11 is 0. The number of aromatic nitrogens is 6. The summed E-state index contributed by atoms with van der Waals surface area (Å²) in [5.74, 6) is 0.285. The molecular formula is C27H25FN8O3. The van der Waals surface area contributed by atoms with Crippen LogP contribution in [-0.4, -0.2) is 71.0 Å². The van der Waals surface area contributed by atoms with Gasteiger partial charge in [-0.2, -0.15) is 10.1 Å². The number of nitrogens with zero attached hydrogens (tertiary/aromatic N) is 8. The number of carbonyl (C=O) groups is 1. The number of amides is 1. The van der Waals surface area contributed by atoms with Crippen LogP contribution in [0, 0.1) is 17.1 Å². The molecule has 6 rings (SSSR count). The van der Waals surface area contributed by atoms with Crippen molar-refractivity contribution in [1.82, 2.24) is 34.7 Å². The topological polar surface area (TPSA) is 135 Å². The minimum absolute atomic E-state index is 0.0350. The highest BCUT2D eigenvalue weighted by atomic mass is 19.1. The van der Waals surface area contributed by atoms with E-state index in [1.165, 1.54) is 21.8 Å². The first-order valence-electron chi connectivity index (χ1n) is 12.5. The van der Waals surface area contributed by atoms with Crippen molar-refractivity contribution in [2.75, 3.05) is 13.7 Å². The van der Waals surface area contributed by atoms with Crippen LogP contribution in [0.5, 0.6) is 5.75 Å². The summed E-state index contributed by atoms with van der Waals surface area (Å²) in [5.41, 5.74) is 3.05. The van der Waals surface area contributed by atoms with Crippen LogP contribution in [0.15, 0.2) is 36.4 Å². The third-order valence-electron chi connectivity index (χ3n) is 7.42. The lowest BCUT2D eigenvalue weighted by Gasteiger charge is -2.29. The lowest BCUT2D eigenvalue weighted by Crippen LogP contribution is -2.45. The highest BCUT2D eigenvalue weighted by Gasteiger charge is 2.46. The van der Waals surface area contributed by atoms with Crippen molar-refractivity contribution >= 4 is 5.91 Å². The number of imidazole rings is 1. The monoisotopic (exact) mass is 528 g/mol. The molecule has 39 heavy (non-hydrogen) atoms. The average Bonchev–Trinajstić information content (AvgIpc) is 3.63. The molecule has 11 nitrogen and oxygen atoms in total. The van der Waals surface area contributed by atoms with Crippen molar-refractivity contribution in [3.63, 3.8) is 0 Å². The summed E-state index contributed by atoms with van der Waals surface area (Å²) in [7, 11) is 3.25. The van der Waals surface area contributed by atoms with Crippen molar-refractivity contribution in [2.45, 2.75) is 38.0 Å². The van der Waals surface area contributed by atoms with E-state index in [0.29, 0.717) is 47.1 Å². The summed E-state index contributed by atoms with van der Waals surface area (Å²) < 4.78 is 21.3. The molecule has 4 aromatic rings. The number of benzene rings is 2. The van der Waals surface area contributed by atoms with Gasteiger partial charge in [0, 0.05) is 30.6 Å². The number of aliphatic hydroxyl groups excluding tert-OH is 1. The van der Waals surface area contributed by atoms with Gasteiger partial charge in [0.2, 0.25) is 5.82 Å². The van der Waals surface area contributed by atoms with Gasteiger partial charge in [0.05, 0.1) is 43.3 Å². The third-order valence-corrected chi connectivity index (χ3v) is 7.42.